The maximum absolute atomic E-state index is 11.0. The summed E-state index contributed by atoms with van der Waals surface area (Å²) in [6.45, 7) is 0.940. The molecule has 0 spiro atoms. The molecule has 0 atom stereocenters. The van der Waals surface area contributed by atoms with E-state index in [1.54, 1.807) is 30.6 Å². The third kappa shape index (κ3) is 4.17. The average Bonchev–Trinajstić information content (AvgIpc) is 2.48. The lowest BCUT2D eigenvalue weighted by Gasteiger charge is -2.07. The number of carboxylic acid groups (broad SMARTS) is 1. The van der Waals surface area contributed by atoms with Crippen LogP contribution in [0, 0.1) is 0 Å². The fraction of sp³-hybridized carbons (Fsp3) is 0.250. The first-order chi connectivity index (χ1) is 9.77. The molecule has 2 rings (SSSR count). The SMILES string of the molecule is O=C(O)c1ccccc1COCCCc1ccncc1. The number of aromatic carboxylic acids is 1. The van der Waals surface area contributed by atoms with E-state index in [1.807, 2.05) is 18.2 Å². The maximum atomic E-state index is 11.0. The van der Waals surface area contributed by atoms with Crippen LogP contribution in [0.3, 0.4) is 0 Å². The van der Waals surface area contributed by atoms with Crippen molar-refractivity contribution < 1.29 is 14.6 Å². The van der Waals surface area contributed by atoms with Gasteiger partial charge in [0.1, 0.15) is 0 Å². The summed E-state index contributed by atoms with van der Waals surface area (Å²) in [6.07, 6.45) is 5.39. The Kier molecular flexibility index (Phi) is 5.26. The predicted molar refractivity (Wildman–Crippen MR) is 75.6 cm³/mol. The Balaban J connectivity index is 1.75. The van der Waals surface area contributed by atoms with Crippen molar-refractivity contribution in [3.8, 4) is 0 Å². The summed E-state index contributed by atoms with van der Waals surface area (Å²) < 4.78 is 5.55. The van der Waals surface area contributed by atoms with Crippen LogP contribution in [0.4, 0.5) is 0 Å². The number of nitrogens with zero attached hydrogens (tertiary/aromatic N) is 1. The highest BCUT2D eigenvalue weighted by Crippen LogP contribution is 2.10. The molecule has 1 aromatic heterocycles. The van der Waals surface area contributed by atoms with E-state index in [4.69, 9.17) is 9.84 Å². The second-order valence-corrected chi connectivity index (χ2v) is 4.47. The first-order valence-electron chi connectivity index (χ1n) is 6.55. The van der Waals surface area contributed by atoms with Crippen molar-refractivity contribution in [2.45, 2.75) is 19.4 Å². The number of aryl methyl sites for hydroxylation is 1. The fourth-order valence-electron chi connectivity index (χ4n) is 1.96. The van der Waals surface area contributed by atoms with Crippen molar-refractivity contribution in [3.05, 3.63) is 65.5 Å². The number of hydrogen-bond acceptors (Lipinski definition) is 3. The minimum absolute atomic E-state index is 0.307. The van der Waals surface area contributed by atoms with Crippen LogP contribution in [0.25, 0.3) is 0 Å². The summed E-state index contributed by atoms with van der Waals surface area (Å²) >= 11 is 0. The van der Waals surface area contributed by atoms with Gasteiger partial charge >= 0.3 is 5.97 Å². The Morgan fingerprint density at radius 1 is 1.15 bits per heavy atom. The molecule has 0 amide bonds. The highest BCUT2D eigenvalue weighted by molar-refractivity contribution is 5.89. The number of rotatable bonds is 7. The van der Waals surface area contributed by atoms with Crippen LogP contribution in [0.2, 0.25) is 0 Å². The lowest BCUT2D eigenvalue weighted by atomic mass is 10.1. The van der Waals surface area contributed by atoms with E-state index in [0.29, 0.717) is 24.3 Å². The van der Waals surface area contributed by atoms with E-state index < -0.39 is 5.97 Å². The van der Waals surface area contributed by atoms with Crippen molar-refractivity contribution in [1.82, 2.24) is 4.98 Å². The van der Waals surface area contributed by atoms with Crippen LogP contribution < -0.4 is 0 Å². The zero-order valence-corrected chi connectivity index (χ0v) is 11.2. The van der Waals surface area contributed by atoms with Gasteiger partial charge in [-0.25, -0.2) is 4.79 Å². The van der Waals surface area contributed by atoms with Gasteiger partial charge in [-0.1, -0.05) is 18.2 Å². The van der Waals surface area contributed by atoms with Crippen LogP contribution in [0.1, 0.15) is 27.9 Å². The van der Waals surface area contributed by atoms with E-state index in [2.05, 4.69) is 4.98 Å². The van der Waals surface area contributed by atoms with Gasteiger partial charge in [0.15, 0.2) is 0 Å². The maximum Gasteiger partial charge on any atom is 0.336 e. The molecular formula is C16H17NO3. The van der Waals surface area contributed by atoms with E-state index in [0.717, 1.165) is 12.8 Å². The molecule has 1 heterocycles. The molecule has 104 valence electrons. The Morgan fingerprint density at radius 3 is 2.65 bits per heavy atom. The van der Waals surface area contributed by atoms with Gasteiger partial charge in [-0.3, -0.25) is 4.98 Å². The molecule has 0 aliphatic heterocycles. The first kappa shape index (κ1) is 14.2. The number of benzene rings is 1. The molecule has 0 aliphatic carbocycles. The number of carbonyl (C=O) groups is 1. The van der Waals surface area contributed by atoms with Gasteiger partial charge in [0, 0.05) is 19.0 Å². The molecule has 0 radical (unpaired) electrons. The zero-order valence-electron chi connectivity index (χ0n) is 11.2. The predicted octanol–water partition coefficient (Wildman–Crippen LogP) is 2.93. The second-order valence-electron chi connectivity index (χ2n) is 4.47. The molecule has 4 nitrogen and oxygen atoms in total. The average molecular weight is 271 g/mol. The summed E-state index contributed by atoms with van der Waals surface area (Å²) in [5.41, 5.74) is 2.25. The molecule has 0 bridgehead atoms. The third-order valence-corrected chi connectivity index (χ3v) is 3.01. The van der Waals surface area contributed by atoms with Gasteiger partial charge in [0.05, 0.1) is 12.2 Å². The number of ether oxygens (including phenoxy) is 1. The molecule has 2 aromatic rings. The largest absolute Gasteiger partial charge is 0.478 e. The quantitative estimate of drug-likeness (QED) is 0.787. The van der Waals surface area contributed by atoms with E-state index in [-0.39, 0.29) is 0 Å². The molecule has 0 saturated heterocycles. The minimum atomic E-state index is -0.916. The lowest BCUT2D eigenvalue weighted by Crippen LogP contribution is -2.05. The van der Waals surface area contributed by atoms with Gasteiger partial charge in [-0.2, -0.15) is 0 Å². The van der Waals surface area contributed by atoms with Gasteiger partial charge in [0.25, 0.3) is 0 Å². The van der Waals surface area contributed by atoms with E-state index in [9.17, 15) is 4.79 Å². The lowest BCUT2D eigenvalue weighted by molar-refractivity contribution is 0.0687. The summed E-state index contributed by atoms with van der Waals surface area (Å²) in [7, 11) is 0. The molecule has 0 unspecified atom stereocenters. The molecule has 0 fully saturated rings. The zero-order chi connectivity index (χ0) is 14.2. The van der Waals surface area contributed by atoms with Gasteiger partial charge in [0.2, 0.25) is 0 Å². The molecule has 0 saturated carbocycles. The van der Waals surface area contributed by atoms with Crippen LogP contribution in [0.5, 0.6) is 0 Å². The van der Waals surface area contributed by atoms with Crippen molar-refractivity contribution in [2.24, 2.45) is 0 Å². The second kappa shape index (κ2) is 7.40. The van der Waals surface area contributed by atoms with Crippen molar-refractivity contribution in [3.63, 3.8) is 0 Å². The monoisotopic (exact) mass is 271 g/mol. The third-order valence-electron chi connectivity index (χ3n) is 3.01. The Morgan fingerprint density at radius 2 is 1.90 bits per heavy atom. The van der Waals surface area contributed by atoms with Crippen molar-refractivity contribution in [2.75, 3.05) is 6.61 Å². The van der Waals surface area contributed by atoms with Crippen molar-refractivity contribution in [1.29, 1.82) is 0 Å². The summed E-state index contributed by atoms with van der Waals surface area (Å²) in [6, 6.07) is 10.9. The molecule has 0 aliphatic rings. The normalized spacial score (nSPS) is 10.4. The highest BCUT2D eigenvalue weighted by Gasteiger charge is 2.08. The smallest absolute Gasteiger partial charge is 0.336 e. The number of carboxylic acids is 1. The van der Waals surface area contributed by atoms with Crippen LogP contribution in [-0.2, 0) is 17.8 Å². The molecular weight excluding hydrogens is 254 g/mol. The van der Waals surface area contributed by atoms with Gasteiger partial charge < -0.3 is 9.84 Å². The first-order valence-corrected chi connectivity index (χ1v) is 6.55. The standard InChI is InChI=1S/C16H17NO3/c18-16(19)15-6-2-1-5-14(15)12-20-11-3-4-13-7-9-17-10-8-13/h1-2,5-10H,3-4,11-12H2,(H,18,19). The summed E-state index contributed by atoms with van der Waals surface area (Å²) in [4.78, 5) is 15.0. The fourth-order valence-corrected chi connectivity index (χ4v) is 1.96. The van der Waals surface area contributed by atoms with Crippen LogP contribution in [0.15, 0.2) is 48.8 Å². The number of aromatic nitrogens is 1. The molecule has 20 heavy (non-hydrogen) atoms. The van der Waals surface area contributed by atoms with E-state index in [1.165, 1.54) is 5.56 Å². The number of pyridine rings is 1. The number of hydrogen-bond donors (Lipinski definition) is 1. The Labute approximate surface area is 118 Å². The van der Waals surface area contributed by atoms with Crippen LogP contribution in [-0.4, -0.2) is 22.7 Å². The van der Waals surface area contributed by atoms with Gasteiger partial charge in [-0.15, -0.1) is 0 Å². The molecule has 4 heteroatoms. The topological polar surface area (TPSA) is 59.4 Å². The van der Waals surface area contributed by atoms with Crippen LogP contribution >= 0.6 is 0 Å². The Hall–Kier alpha value is -2.20. The molecule has 1 N–H and O–H groups in total. The Bertz CT molecular complexity index is 555. The molecule has 1 aromatic carbocycles. The van der Waals surface area contributed by atoms with E-state index >= 15 is 0 Å². The summed E-state index contributed by atoms with van der Waals surface area (Å²) in [5.74, 6) is -0.916. The highest BCUT2D eigenvalue weighted by atomic mass is 16.5. The minimum Gasteiger partial charge on any atom is -0.478 e. The van der Waals surface area contributed by atoms with Crippen molar-refractivity contribution >= 4 is 5.97 Å². The van der Waals surface area contributed by atoms with Gasteiger partial charge in [-0.05, 0) is 42.2 Å². The summed E-state index contributed by atoms with van der Waals surface area (Å²) in [5, 5.41) is 9.06.